The van der Waals surface area contributed by atoms with Crippen LogP contribution >= 0.6 is 24.0 Å². The molecular formula is C27H26N4O3S2. The average Bonchev–Trinajstić information content (AvgIpc) is 3.26. The molecule has 1 aromatic heterocycles. The minimum atomic E-state index is -0.291. The highest BCUT2D eigenvalue weighted by atomic mass is 32.2. The number of allylic oxidation sites excluding steroid dienone is 2. The van der Waals surface area contributed by atoms with Crippen LogP contribution in [0.5, 0.6) is 0 Å². The van der Waals surface area contributed by atoms with E-state index in [1.807, 2.05) is 72.8 Å². The number of benzene rings is 2. The molecule has 36 heavy (non-hydrogen) atoms. The van der Waals surface area contributed by atoms with E-state index in [1.165, 1.54) is 21.3 Å². The molecule has 0 unspecified atom stereocenters. The van der Waals surface area contributed by atoms with Gasteiger partial charge in [0.05, 0.1) is 16.3 Å². The minimum Gasteiger partial charge on any atom is -0.320 e. The molecule has 0 spiro atoms. The topological polar surface area (TPSA) is 76.3 Å². The molecule has 1 aliphatic rings. The summed E-state index contributed by atoms with van der Waals surface area (Å²) < 4.78 is 3.71. The van der Waals surface area contributed by atoms with Crippen LogP contribution in [0, 0.1) is 6.92 Å². The van der Waals surface area contributed by atoms with Gasteiger partial charge in [-0.25, -0.2) is 4.68 Å². The summed E-state index contributed by atoms with van der Waals surface area (Å²) in [5, 5.41) is 2.75. The summed E-state index contributed by atoms with van der Waals surface area (Å²) in [6, 6.07) is 19.1. The van der Waals surface area contributed by atoms with E-state index in [1.54, 1.807) is 24.7 Å². The monoisotopic (exact) mass is 518 g/mol. The van der Waals surface area contributed by atoms with Crippen molar-refractivity contribution in [1.82, 2.24) is 14.3 Å². The molecule has 2 amide bonds. The van der Waals surface area contributed by atoms with Gasteiger partial charge in [0, 0.05) is 20.0 Å². The van der Waals surface area contributed by atoms with Crippen molar-refractivity contribution in [3.05, 3.63) is 99.3 Å². The van der Waals surface area contributed by atoms with Gasteiger partial charge in [-0.15, -0.1) is 0 Å². The third kappa shape index (κ3) is 5.58. The van der Waals surface area contributed by atoms with Crippen LogP contribution in [-0.4, -0.2) is 36.9 Å². The van der Waals surface area contributed by atoms with Crippen molar-refractivity contribution >= 4 is 51.9 Å². The molecule has 2 aromatic carbocycles. The number of amides is 2. The van der Waals surface area contributed by atoms with Gasteiger partial charge in [0.15, 0.2) is 0 Å². The zero-order valence-corrected chi connectivity index (χ0v) is 21.6. The fraction of sp³-hybridized carbons (Fsp3) is 0.185. The molecule has 1 saturated heterocycles. The fourth-order valence-electron chi connectivity index (χ4n) is 3.83. The van der Waals surface area contributed by atoms with Gasteiger partial charge in [0.25, 0.3) is 11.5 Å². The van der Waals surface area contributed by atoms with Crippen molar-refractivity contribution in [2.75, 3.05) is 11.9 Å². The Bertz CT molecular complexity index is 1410. The predicted octanol–water partition coefficient (Wildman–Crippen LogP) is 4.66. The van der Waals surface area contributed by atoms with Crippen molar-refractivity contribution in [1.29, 1.82) is 0 Å². The highest BCUT2D eigenvalue weighted by Crippen LogP contribution is 2.31. The second-order valence-electron chi connectivity index (χ2n) is 8.21. The number of hydrogen-bond acceptors (Lipinski definition) is 5. The SMILES string of the molecule is Cc1c(NC(=O)CCCN2C(=O)C(=CC=Cc3ccccc3)SC2=S)c(=O)n(-c2ccccc2)n1C. The number of thioether (sulfide) groups is 1. The van der Waals surface area contributed by atoms with Crippen LogP contribution in [0.1, 0.15) is 24.1 Å². The summed E-state index contributed by atoms with van der Waals surface area (Å²) in [6.07, 6.45) is 6.09. The highest BCUT2D eigenvalue weighted by Gasteiger charge is 2.31. The maximum atomic E-state index is 13.0. The van der Waals surface area contributed by atoms with E-state index < -0.39 is 0 Å². The van der Waals surface area contributed by atoms with E-state index in [4.69, 9.17) is 12.2 Å². The van der Waals surface area contributed by atoms with E-state index in [0.29, 0.717) is 27.9 Å². The largest absolute Gasteiger partial charge is 0.320 e. The van der Waals surface area contributed by atoms with Crippen molar-refractivity contribution in [2.24, 2.45) is 7.05 Å². The van der Waals surface area contributed by atoms with Crippen LogP contribution in [0.4, 0.5) is 5.69 Å². The van der Waals surface area contributed by atoms with Gasteiger partial charge in [0.1, 0.15) is 10.0 Å². The normalized spacial score (nSPS) is 14.8. The Morgan fingerprint density at radius 3 is 2.42 bits per heavy atom. The van der Waals surface area contributed by atoms with Crippen LogP contribution in [0.2, 0.25) is 0 Å². The van der Waals surface area contributed by atoms with Crippen LogP contribution in [0.25, 0.3) is 11.8 Å². The number of thiocarbonyl (C=S) groups is 1. The molecule has 0 radical (unpaired) electrons. The van der Waals surface area contributed by atoms with Gasteiger partial charge < -0.3 is 5.32 Å². The number of rotatable bonds is 8. The molecule has 3 aromatic rings. The molecule has 2 heterocycles. The Morgan fingerprint density at radius 2 is 1.72 bits per heavy atom. The Hall–Kier alpha value is -3.69. The smallest absolute Gasteiger partial charge is 0.295 e. The molecule has 7 nitrogen and oxygen atoms in total. The Balaban J connectivity index is 1.34. The quantitative estimate of drug-likeness (QED) is 0.347. The molecular weight excluding hydrogens is 492 g/mol. The average molecular weight is 519 g/mol. The first-order chi connectivity index (χ1) is 17.4. The van der Waals surface area contributed by atoms with Crippen molar-refractivity contribution < 1.29 is 9.59 Å². The number of nitrogens with one attached hydrogen (secondary N) is 1. The third-order valence-corrected chi connectivity index (χ3v) is 7.21. The lowest BCUT2D eigenvalue weighted by atomic mass is 10.2. The number of carbonyl (C=O) groups excluding carboxylic acids is 2. The lowest BCUT2D eigenvalue weighted by Gasteiger charge is -2.13. The van der Waals surface area contributed by atoms with E-state index in [2.05, 4.69) is 5.32 Å². The summed E-state index contributed by atoms with van der Waals surface area (Å²) in [5.41, 5.74) is 2.38. The van der Waals surface area contributed by atoms with Crippen molar-refractivity contribution in [3.63, 3.8) is 0 Å². The number of aromatic nitrogens is 2. The van der Waals surface area contributed by atoms with Crippen molar-refractivity contribution in [2.45, 2.75) is 19.8 Å². The molecule has 4 rings (SSSR count). The Kier molecular flexibility index (Phi) is 8.02. The van der Waals surface area contributed by atoms with Gasteiger partial charge in [0.2, 0.25) is 5.91 Å². The maximum absolute atomic E-state index is 13.0. The summed E-state index contributed by atoms with van der Waals surface area (Å²) in [6.45, 7) is 2.12. The van der Waals surface area contributed by atoms with Gasteiger partial charge in [-0.05, 0) is 37.1 Å². The van der Waals surface area contributed by atoms with E-state index >= 15 is 0 Å². The molecule has 0 aliphatic carbocycles. The van der Waals surface area contributed by atoms with Gasteiger partial charge in [-0.1, -0.05) is 84.7 Å². The molecule has 184 valence electrons. The molecule has 0 atom stereocenters. The molecule has 0 bridgehead atoms. The first-order valence-corrected chi connectivity index (χ1v) is 12.7. The second-order valence-corrected chi connectivity index (χ2v) is 9.89. The number of hydrogen-bond donors (Lipinski definition) is 1. The second kappa shape index (κ2) is 11.4. The summed E-state index contributed by atoms with van der Waals surface area (Å²) in [4.78, 5) is 40.4. The number of nitrogens with zero attached hydrogens (tertiary/aromatic N) is 3. The maximum Gasteiger partial charge on any atom is 0.295 e. The standard InChI is InChI=1S/C27H26N4O3S2/c1-19-24(26(34)31(29(19)2)21-14-7-4-8-15-21)28-23(32)17-10-18-30-25(33)22(36-27(30)35)16-9-13-20-11-5-3-6-12-20/h3-9,11-16H,10,17-18H2,1-2H3,(H,28,32). The summed E-state index contributed by atoms with van der Waals surface area (Å²) in [7, 11) is 1.77. The Labute approximate surface area is 219 Å². The molecule has 1 aliphatic heterocycles. The van der Waals surface area contributed by atoms with E-state index in [-0.39, 0.29) is 29.5 Å². The van der Waals surface area contributed by atoms with E-state index in [9.17, 15) is 14.4 Å². The Morgan fingerprint density at radius 1 is 1.06 bits per heavy atom. The van der Waals surface area contributed by atoms with Crippen LogP contribution in [-0.2, 0) is 16.6 Å². The number of anilines is 1. The van der Waals surface area contributed by atoms with Crippen LogP contribution in [0.3, 0.4) is 0 Å². The van der Waals surface area contributed by atoms with Gasteiger partial charge in [-0.2, -0.15) is 0 Å². The lowest BCUT2D eigenvalue weighted by Crippen LogP contribution is -2.30. The molecule has 0 saturated carbocycles. The summed E-state index contributed by atoms with van der Waals surface area (Å²) >= 11 is 6.63. The zero-order chi connectivity index (χ0) is 25.7. The summed E-state index contributed by atoms with van der Waals surface area (Å²) in [5.74, 6) is -0.444. The van der Waals surface area contributed by atoms with Gasteiger partial charge >= 0.3 is 0 Å². The van der Waals surface area contributed by atoms with Crippen LogP contribution in [0.15, 0.2) is 82.5 Å². The molecule has 1 N–H and O–H groups in total. The minimum absolute atomic E-state index is 0.156. The lowest BCUT2D eigenvalue weighted by molar-refractivity contribution is -0.122. The first kappa shape index (κ1) is 25.4. The van der Waals surface area contributed by atoms with Crippen LogP contribution < -0.4 is 10.9 Å². The van der Waals surface area contributed by atoms with E-state index in [0.717, 1.165) is 11.3 Å². The third-order valence-electron chi connectivity index (χ3n) is 5.81. The molecule has 1 fully saturated rings. The zero-order valence-electron chi connectivity index (χ0n) is 20.0. The number of para-hydroxylation sites is 1. The highest BCUT2D eigenvalue weighted by molar-refractivity contribution is 8.26. The fourth-order valence-corrected chi connectivity index (χ4v) is 5.09. The number of carbonyl (C=O) groups is 2. The predicted molar refractivity (Wildman–Crippen MR) is 149 cm³/mol. The first-order valence-electron chi connectivity index (χ1n) is 11.5. The van der Waals surface area contributed by atoms with Crippen molar-refractivity contribution in [3.8, 4) is 5.69 Å². The molecule has 9 heteroatoms. The van der Waals surface area contributed by atoms with Gasteiger partial charge in [-0.3, -0.25) is 24.0 Å².